The summed E-state index contributed by atoms with van der Waals surface area (Å²) in [6.45, 7) is 1.74. The number of anilines is 2. The molecule has 122 valence electrons. The number of nitrogens with zero attached hydrogens (tertiary/aromatic N) is 6. The van der Waals surface area contributed by atoms with E-state index in [1.165, 1.54) is 16.8 Å². The smallest absolute Gasteiger partial charge is 0.237 e. The third-order valence-corrected chi connectivity index (χ3v) is 3.69. The van der Waals surface area contributed by atoms with E-state index in [-0.39, 0.29) is 10.7 Å². The average Bonchev–Trinajstić information content (AvgIpc) is 3.15. The lowest BCUT2D eigenvalue weighted by Crippen LogP contribution is -2.48. The molecule has 0 aliphatic rings. The Kier molecular flexibility index (Phi) is 4.24. The molecule has 10 nitrogen and oxygen atoms in total. The summed E-state index contributed by atoms with van der Waals surface area (Å²) in [5.74, 6) is 1.14. The van der Waals surface area contributed by atoms with E-state index in [4.69, 9.17) is 0 Å². The standard InChI is InChI=1S/C13H12N8O2S/c1-7-15-13(24-20-7)19-16-8-3-4-9(22)11(12(8)23)18-17-10-5-6-14-21(10)2/h3-6,17H,1-2H3,(H,15,19,20)/b16-8+,18-11+. The van der Waals surface area contributed by atoms with E-state index in [0.29, 0.717) is 16.8 Å². The molecule has 0 unspecified atom stereocenters. The van der Waals surface area contributed by atoms with Crippen LogP contribution in [0, 0.1) is 6.92 Å². The molecular weight excluding hydrogens is 332 g/mol. The maximum Gasteiger partial charge on any atom is 0.237 e. The molecule has 11 heteroatoms. The summed E-state index contributed by atoms with van der Waals surface area (Å²) in [6, 6.07) is 4.22. The van der Waals surface area contributed by atoms with Crippen LogP contribution in [0.5, 0.6) is 0 Å². The molecular formula is C13H12N8O2S. The van der Waals surface area contributed by atoms with Gasteiger partial charge < -0.3 is 0 Å². The van der Waals surface area contributed by atoms with E-state index in [1.807, 2.05) is 0 Å². The van der Waals surface area contributed by atoms with Crippen molar-refractivity contribution in [2.75, 3.05) is 10.9 Å². The highest BCUT2D eigenvalue weighted by Crippen LogP contribution is 2.08. The third kappa shape index (κ3) is 3.25. The van der Waals surface area contributed by atoms with Gasteiger partial charge in [-0.05, 0) is 19.1 Å². The first-order valence-corrected chi connectivity index (χ1v) is 7.55. The van der Waals surface area contributed by atoms with Crippen LogP contribution in [-0.2, 0) is 7.05 Å². The van der Waals surface area contributed by atoms with Crippen LogP contribution >= 0.6 is 11.5 Å². The fourth-order valence-corrected chi connectivity index (χ4v) is 2.30. The minimum absolute atomic E-state index is 0.0491. The molecule has 0 saturated carbocycles. The summed E-state index contributed by atoms with van der Waals surface area (Å²) < 4.78 is 5.51. The minimum Gasteiger partial charge on any atom is -0.287 e. The molecule has 1 aromatic carbocycles. The van der Waals surface area contributed by atoms with Gasteiger partial charge in [0.2, 0.25) is 16.0 Å². The fourth-order valence-electron chi connectivity index (χ4n) is 1.78. The molecule has 0 aliphatic carbocycles. The molecule has 3 aromatic rings. The molecule has 0 spiro atoms. The van der Waals surface area contributed by atoms with Crippen molar-refractivity contribution in [2.45, 2.75) is 6.92 Å². The lowest BCUT2D eigenvalue weighted by Gasteiger charge is -1.98. The number of hydrogen-bond acceptors (Lipinski definition) is 10. The lowest BCUT2D eigenvalue weighted by molar-refractivity contribution is 0.770. The van der Waals surface area contributed by atoms with Gasteiger partial charge in [-0.25, -0.2) is 4.98 Å². The van der Waals surface area contributed by atoms with Gasteiger partial charge in [-0.1, -0.05) is 0 Å². The van der Waals surface area contributed by atoms with Crippen LogP contribution < -0.4 is 32.4 Å². The second kappa shape index (κ2) is 6.50. The summed E-state index contributed by atoms with van der Waals surface area (Å²) >= 11 is 1.12. The van der Waals surface area contributed by atoms with Crippen molar-refractivity contribution >= 4 is 22.5 Å². The quantitative estimate of drug-likeness (QED) is 0.583. The Morgan fingerprint density at radius 3 is 2.67 bits per heavy atom. The topological polar surface area (TPSA) is 127 Å². The van der Waals surface area contributed by atoms with Gasteiger partial charge in [0.1, 0.15) is 17.0 Å². The largest absolute Gasteiger partial charge is 0.287 e. The monoisotopic (exact) mass is 344 g/mol. The zero-order chi connectivity index (χ0) is 17.1. The Morgan fingerprint density at radius 2 is 2.00 bits per heavy atom. The van der Waals surface area contributed by atoms with Crippen LogP contribution in [0.1, 0.15) is 5.82 Å². The highest BCUT2D eigenvalue weighted by Gasteiger charge is 2.03. The predicted octanol–water partition coefficient (Wildman–Crippen LogP) is -0.968. The zero-order valence-corrected chi connectivity index (χ0v) is 13.5. The number of aryl methyl sites for hydroxylation is 2. The highest BCUT2D eigenvalue weighted by atomic mass is 32.1. The van der Waals surface area contributed by atoms with Gasteiger partial charge in [-0.15, -0.1) is 0 Å². The fraction of sp³-hybridized carbons (Fsp3) is 0.154. The van der Waals surface area contributed by atoms with Crippen LogP contribution in [-0.4, -0.2) is 19.1 Å². The number of nitrogens with one attached hydrogen (secondary N) is 2. The highest BCUT2D eigenvalue weighted by molar-refractivity contribution is 7.09. The van der Waals surface area contributed by atoms with Crippen LogP contribution in [0.15, 0.2) is 44.2 Å². The molecule has 0 bridgehead atoms. The van der Waals surface area contributed by atoms with Crippen molar-refractivity contribution in [1.82, 2.24) is 19.1 Å². The van der Waals surface area contributed by atoms with Crippen molar-refractivity contribution in [2.24, 2.45) is 17.3 Å². The van der Waals surface area contributed by atoms with Crippen molar-refractivity contribution in [3.63, 3.8) is 0 Å². The van der Waals surface area contributed by atoms with Gasteiger partial charge in [0, 0.05) is 24.6 Å². The summed E-state index contributed by atoms with van der Waals surface area (Å²) in [7, 11) is 1.70. The van der Waals surface area contributed by atoms with Crippen LogP contribution in [0.4, 0.5) is 10.9 Å². The van der Waals surface area contributed by atoms with Gasteiger partial charge in [0.25, 0.3) is 0 Å². The average molecular weight is 344 g/mol. The molecule has 0 fully saturated rings. The molecule has 0 radical (unpaired) electrons. The first kappa shape index (κ1) is 15.7. The van der Waals surface area contributed by atoms with Crippen LogP contribution in [0.3, 0.4) is 0 Å². The molecule has 3 rings (SSSR count). The van der Waals surface area contributed by atoms with Crippen LogP contribution in [0.2, 0.25) is 0 Å². The molecule has 2 heterocycles. The number of aromatic nitrogens is 4. The van der Waals surface area contributed by atoms with Crippen molar-refractivity contribution in [1.29, 1.82) is 0 Å². The number of hydrogen-bond donors (Lipinski definition) is 2. The predicted molar refractivity (Wildman–Crippen MR) is 87.6 cm³/mol. The molecule has 0 saturated heterocycles. The number of benzene rings is 1. The number of rotatable bonds is 4. The van der Waals surface area contributed by atoms with Gasteiger partial charge in [0.15, 0.2) is 5.36 Å². The maximum absolute atomic E-state index is 12.3. The van der Waals surface area contributed by atoms with Crippen molar-refractivity contribution in [3.8, 4) is 0 Å². The summed E-state index contributed by atoms with van der Waals surface area (Å²) in [4.78, 5) is 28.3. The Balaban J connectivity index is 1.97. The van der Waals surface area contributed by atoms with Gasteiger partial charge in [0.05, 0.1) is 6.20 Å². The molecule has 24 heavy (non-hydrogen) atoms. The molecule has 2 aromatic heterocycles. The first-order chi connectivity index (χ1) is 11.5. The Bertz CT molecular complexity index is 1090. The van der Waals surface area contributed by atoms with Gasteiger partial charge in [-0.3, -0.25) is 25.1 Å². The minimum atomic E-state index is -0.592. The van der Waals surface area contributed by atoms with Gasteiger partial charge >= 0.3 is 0 Å². The van der Waals surface area contributed by atoms with Crippen molar-refractivity contribution in [3.05, 3.63) is 61.4 Å². The molecule has 0 atom stereocenters. The Labute approximate surface area is 138 Å². The zero-order valence-electron chi connectivity index (χ0n) is 12.7. The molecule has 0 amide bonds. The Morgan fingerprint density at radius 1 is 1.17 bits per heavy atom. The first-order valence-electron chi connectivity index (χ1n) is 6.77. The SMILES string of the molecule is Cc1nsc(N/N=c2\ccc(=O)/c(=N\Nc3ccnn3C)c2=O)n1. The van der Waals surface area contributed by atoms with Crippen LogP contribution in [0.25, 0.3) is 0 Å². The van der Waals surface area contributed by atoms with E-state index in [1.54, 1.807) is 26.2 Å². The third-order valence-electron chi connectivity index (χ3n) is 2.98. The summed E-state index contributed by atoms with van der Waals surface area (Å²) in [5.41, 5.74) is 4.19. The molecule has 0 aliphatic heterocycles. The summed E-state index contributed by atoms with van der Waals surface area (Å²) in [5, 5.41) is 12.0. The van der Waals surface area contributed by atoms with E-state index < -0.39 is 10.9 Å². The second-order valence-corrected chi connectivity index (χ2v) is 5.45. The van der Waals surface area contributed by atoms with E-state index in [2.05, 4.69) is 35.5 Å². The lowest BCUT2D eigenvalue weighted by atomic mass is 10.3. The normalized spacial score (nSPS) is 12.6. The molecule has 2 N–H and O–H groups in total. The van der Waals surface area contributed by atoms with E-state index in [9.17, 15) is 9.59 Å². The van der Waals surface area contributed by atoms with E-state index in [0.717, 1.165) is 11.5 Å². The second-order valence-electron chi connectivity index (χ2n) is 4.69. The van der Waals surface area contributed by atoms with Crippen molar-refractivity contribution < 1.29 is 0 Å². The van der Waals surface area contributed by atoms with E-state index >= 15 is 0 Å². The summed E-state index contributed by atoms with van der Waals surface area (Å²) in [6.07, 6.45) is 1.56. The maximum atomic E-state index is 12.3. The Hall–Kier alpha value is -3.21. The van der Waals surface area contributed by atoms with Gasteiger partial charge in [-0.2, -0.15) is 19.7 Å².